The number of imidazole rings is 1. The van der Waals surface area contributed by atoms with Gasteiger partial charge in [-0.05, 0) is 24.1 Å². The highest BCUT2D eigenvalue weighted by Gasteiger charge is 2.25. The van der Waals surface area contributed by atoms with Crippen LogP contribution in [0.5, 0.6) is 0 Å². The minimum Gasteiger partial charge on any atom is -0.382 e. The van der Waals surface area contributed by atoms with Crippen LogP contribution >= 0.6 is 0 Å². The lowest BCUT2D eigenvalue weighted by atomic mass is 10.1. The molecule has 0 aliphatic carbocycles. The third kappa shape index (κ3) is 3.48. The van der Waals surface area contributed by atoms with Gasteiger partial charge in [-0.25, -0.2) is 19.7 Å². The number of nitrogens with zero attached hydrogens (tertiary/aromatic N) is 5. The highest BCUT2D eigenvalue weighted by atomic mass is 16.5. The van der Waals surface area contributed by atoms with Gasteiger partial charge >= 0.3 is 6.03 Å². The fourth-order valence-electron chi connectivity index (χ4n) is 3.82. The topological polar surface area (TPSA) is 113 Å². The Balaban J connectivity index is 1.37. The van der Waals surface area contributed by atoms with Gasteiger partial charge in [-0.15, -0.1) is 0 Å². The van der Waals surface area contributed by atoms with E-state index in [9.17, 15) is 4.79 Å². The number of urea groups is 1. The van der Waals surface area contributed by atoms with Crippen LogP contribution in [0.15, 0.2) is 36.5 Å². The minimum atomic E-state index is 0.0694. The molecule has 2 amide bonds. The van der Waals surface area contributed by atoms with Crippen LogP contribution in [-0.4, -0.2) is 75.2 Å². The number of benzene rings is 1. The number of amides is 2. The molecule has 2 aromatic heterocycles. The Kier molecular flexibility index (Phi) is 4.80. The quantitative estimate of drug-likeness (QED) is 0.675. The predicted octanol–water partition coefficient (Wildman–Crippen LogP) is 2.14. The first-order valence-corrected chi connectivity index (χ1v) is 10.1. The molecule has 0 unspecified atom stereocenters. The summed E-state index contributed by atoms with van der Waals surface area (Å²) in [5.74, 6) is 0.932. The summed E-state index contributed by atoms with van der Waals surface area (Å²) < 4.78 is 5.33. The second kappa shape index (κ2) is 7.75. The Morgan fingerprint density at radius 3 is 2.70 bits per heavy atom. The summed E-state index contributed by atoms with van der Waals surface area (Å²) >= 11 is 0. The van der Waals surface area contributed by atoms with E-state index in [1.807, 2.05) is 40.1 Å². The Morgan fingerprint density at radius 1 is 1.10 bits per heavy atom. The van der Waals surface area contributed by atoms with Gasteiger partial charge in [0.25, 0.3) is 0 Å². The molecule has 154 valence electrons. The number of H-pyrrole nitrogens is 1. The molecule has 0 saturated carbocycles. The van der Waals surface area contributed by atoms with E-state index in [-0.39, 0.29) is 6.03 Å². The van der Waals surface area contributed by atoms with Gasteiger partial charge in [0.1, 0.15) is 5.69 Å². The first-order chi connectivity index (χ1) is 14.7. The molecule has 30 heavy (non-hydrogen) atoms. The van der Waals surface area contributed by atoms with Crippen LogP contribution in [0.25, 0.3) is 28.1 Å². The fraction of sp³-hybridized carbons (Fsp3) is 0.333. The monoisotopic (exact) mass is 405 g/mol. The average molecular weight is 405 g/mol. The normalized spacial score (nSPS) is 17.3. The van der Waals surface area contributed by atoms with Crippen molar-refractivity contribution in [1.82, 2.24) is 29.7 Å². The molecular formula is C21H23N7O2. The van der Waals surface area contributed by atoms with Gasteiger partial charge in [0, 0.05) is 26.2 Å². The first kappa shape index (κ1) is 18.6. The number of aromatic amines is 1. The molecule has 9 heteroatoms. The zero-order valence-electron chi connectivity index (χ0n) is 16.5. The number of rotatable bonds is 2. The summed E-state index contributed by atoms with van der Waals surface area (Å²) in [6.07, 6.45) is 4.45. The molecule has 2 aliphatic heterocycles. The van der Waals surface area contributed by atoms with E-state index >= 15 is 0 Å². The number of hydrogen-bond donors (Lipinski definition) is 2. The Bertz CT molecular complexity index is 1080. The van der Waals surface area contributed by atoms with Crippen molar-refractivity contribution in [2.45, 2.75) is 6.42 Å². The summed E-state index contributed by atoms with van der Waals surface area (Å²) in [6.45, 7) is 3.70. The smallest absolute Gasteiger partial charge is 0.320 e. The molecule has 0 radical (unpaired) electrons. The molecule has 2 aliphatic rings. The van der Waals surface area contributed by atoms with E-state index in [1.165, 1.54) is 0 Å². The number of para-hydroxylation sites is 2. The van der Waals surface area contributed by atoms with Crippen LogP contribution in [0.3, 0.4) is 0 Å². The number of nitrogens with two attached hydrogens (primary N) is 1. The maximum atomic E-state index is 12.7. The third-order valence-electron chi connectivity index (χ3n) is 5.50. The van der Waals surface area contributed by atoms with Gasteiger partial charge in [0.2, 0.25) is 0 Å². The summed E-state index contributed by atoms with van der Waals surface area (Å²) in [4.78, 5) is 33.3. The van der Waals surface area contributed by atoms with Crippen LogP contribution in [-0.2, 0) is 4.74 Å². The van der Waals surface area contributed by atoms with Crippen molar-refractivity contribution in [3.8, 4) is 11.5 Å². The lowest BCUT2D eigenvalue weighted by Gasteiger charge is -2.34. The van der Waals surface area contributed by atoms with E-state index < -0.39 is 0 Å². The number of carbonyl (C=O) groups excluding carboxylic acids is 1. The van der Waals surface area contributed by atoms with Gasteiger partial charge in [-0.2, -0.15) is 0 Å². The number of nitrogen functional groups attached to an aromatic ring is 1. The van der Waals surface area contributed by atoms with E-state index in [4.69, 9.17) is 15.5 Å². The molecule has 0 bridgehead atoms. The molecular weight excluding hydrogens is 382 g/mol. The van der Waals surface area contributed by atoms with Crippen molar-refractivity contribution in [3.63, 3.8) is 0 Å². The molecule has 3 aromatic rings. The Morgan fingerprint density at radius 2 is 1.93 bits per heavy atom. The molecule has 9 nitrogen and oxygen atoms in total. The van der Waals surface area contributed by atoms with Crippen LogP contribution < -0.4 is 5.73 Å². The van der Waals surface area contributed by atoms with Crippen molar-refractivity contribution in [3.05, 3.63) is 42.2 Å². The standard InChI is InChI=1S/C21H23N7O2/c22-19-18(20-25-15-3-1-2-4-16(15)26-20)24-17(13-23-19)14-5-7-27(8-6-14)21(29)28-9-11-30-12-10-28/h1-5,13H,6-12H2,(H2,22,23)(H,25,26). The lowest BCUT2D eigenvalue weighted by molar-refractivity contribution is 0.0441. The third-order valence-corrected chi connectivity index (χ3v) is 5.50. The number of nitrogens with one attached hydrogen (secondary N) is 1. The number of ether oxygens (including phenoxy) is 1. The Hall–Kier alpha value is -3.46. The molecule has 0 atom stereocenters. The SMILES string of the molecule is Nc1ncc(C2=CCN(C(=O)N3CCOCC3)CC2)nc1-c1nc2ccccc2[nH]1. The molecule has 1 fully saturated rings. The predicted molar refractivity (Wildman–Crippen MR) is 113 cm³/mol. The second-order valence-electron chi connectivity index (χ2n) is 7.40. The largest absolute Gasteiger partial charge is 0.382 e. The fourth-order valence-corrected chi connectivity index (χ4v) is 3.82. The maximum Gasteiger partial charge on any atom is 0.320 e. The lowest BCUT2D eigenvalue weighted by Crippen LogP contribution is -2.49. The molecule has 5 rings (SSSR count). The van der Waals surface area contributed by atoms with E-state index in [0.29, 0.717) is 63.1 Å². The van der Waals surface area contributed by atoms with E-state index in [0.717, 1.165) is 22.3 Å². The number of aromatic nitrogens is 4. The van der Waals surface area contributed by atoms with Crippen LogP contribution in [0.1, 0.15) is 12.1 Å². The van der Waals surface area contributed by atoms with Crippen LogP contribution in [0.2, 0.25) is 0 Å². The van der Waals surface area contributed by atoms with Crippen LogP contribution in [0.4, 0.5) is 10.6 Å². The van der Waals surface area contributed by atoms with Crippen molar-refractivity contribution in [2.24, 2.45) is 0 Å². The van der Waals surface area contributed by atoms with Crippen molar-refractivity contribution in [2.75, 3.05) is 45.1 Å². The van der Waals surface area contributed by atoms with E-state index in [1.54, 1.807) is 6.20 Å². The Labute approximate surface area is 173 Å². The average Bonchev–Trinajstić information content (AvgIpc) is 3.24. The summed E-state index contributed by atoms with van der Waals surface area (Å²) in [7, 11) is 0. The molecule has 1 saturated heterocycles. The molecule has 0 spiro atoms. The first-order valence-electron chi connectivity index (χ1n) is 10.1. The number of fused-ring (bicyclic) bond motifs is 1. The molecule has 1 aromatic carbocycles. The molecule has 4 heterocycles. The van der Waals surface area contributed by atoms with Crippen molar-refractivity contribution in [1.29, 1.82) is 0 Å². The summed E-state index contributed by atoms with van der Waals surface area (Å²) in [5, 5.41) is 0. The van der Waals surface area contributed by atoms with Crippen molar-refractivity contribution < 1.29 is 9.53 Å². The minimum absolute atomic E-state index is 0.0694. The number of morpholine rings is 1. The highest BCUT2D eigenvalue weighted by molar-refractivity contribution is 5.81. The van der Waals surface area contributed by atoms with E-state index in [2.05, 4.69) is 15.0 Å². The zero-order chi connectivity index (χ0) is 20.5. The summed E-state index contributed by atoms with van der Waals surface area (Å²) in [6, 6.07) is 7.86. The summed E-state index contributed by atoms with van der Waals surface area (Å²) in [5.41, 5.74) is 10.2. The van der Waals surface area contributed by atoms with Gasteiger partial charge in [-0.1, -0.05) is 18.2 Å². The number of anilines is 1. The number of hydrogen-bond acceptors (Lipinski definition) is 6. The van der Waals surface area contributed by atoms with Gasteiger partial charge < -0.3 is 25.3 Å². The van der Waals surface area contributed by atoms with Gasteiger partial charge in [0.05, 0.1) is 36.1 Å². The second-order valence-corrected chi connectivity index (χ2v) is 7.40. The van der Waals surface area contributed by atoms with Crippen LogP contribution in [0, 0.1) is 0 Å². The van der Waals surface area contributed by atoms with Crippen molar-refractivity contribution >= 4 is 28.5 Å². The maximum absolute atomic E-state index is 12.7. The van der Waals surface area contributed by atoms with Gasteiger partial charge in [0.15, 0.2) is 11.6 Å². The molecule has 3 N–H and O–H groups in total. The van der Waals surface area contributed by atoms with Gasteiger partial charge in [-0.3, -0.25) is 0 Å². The zero-order valence-corrected chi connectivity index (χ0v) is 16.5. The highest BCUT2D eigenvalue weighted by Crippen LogP contribution is 2.27. The number of carbonyl (C=O) groups is 1.